The van der Waals surface area contributed by atoms with E-state index in [-0.39, 0.29) is 23.0 Å². The van der Waals surface area contributed by atoms with Gasteiger partial charge in [0.2, 0.25) is 0 Å². The van der Waals surface area contributed by atoms with Gasteiger partial charge in [-0.15, -0.1) is 0 Å². The Kier molecular flexibility index (Phi) is 4.83. The molecule has 0 bridgehead atoms. The van der Waals surface area contributed by atoms with E-state index in [9.17, 15) is 18.0 Å². The summed E-state index contributed by atoms with van der Waals surface area (Å²) in [6, 6.07) is 9.90. The standard InChI is InChI=1S/C18H13F3N4O/c1-10-22-15(18(26)24-12-7-5-11(19)6-8-12)9-16(23-10)25-17-13(20)3-2-4-14(17)21/h2-9H,1H3,(H,24,26)(H,22,23,25). The van der Waals surface area contributed by atoms with Crippen molar-refractivity contribution in [3.63, 3.8) is 0 Å². The number of hydrogen-bond acceptors (Lipinski definition) is 4. The second-order valence-electron chi connectivity index (χ2n) is 5.37. The molecule has 0 fully saturated rings. The first-order valence-electron chi connectivity index (χ1n) is 7.56. The number of aromatic nitrogens is 2. The lowest BCUT2D eigenvalue weighted by Crippen LogP contribution is -2.15. The SMILES string of the molecule is Cc1nc(Nc2c(F)cccc2F)cc(C(=O)Nc2ccc(F)cc2)n1. The number of carbonyl (C=O) groups is 1. The second kappa shape index (κ2) is 7.22. The van der Waals surface area contributed by atoms with Crippen LogP contribution in [0.2, 0.25) is 0 Å². The molecule has 0 aliphatic carbocycles. The van der Waals surface area contributed by atoms with Gasteiger partial charge < -0.3 is 10.6 Å². The number of hydrogen-bond donors (Lipinski definition) is 2. The third-order valence-corrected chi connectivity index (χ3v) is 3.39. The minimum Gasteiger partial charge on any atom is -0.335 e. The molecule has 0 aliphatic rings. The van der Waals surface area contributed by atoms with Crippen LogP contribution in [0.5, 0.6) is 0 Å². The summed E-state index contributed by atoms with van der Waals surface area (Å²) >= 11 is 0. The number of aryl methyl sites for hydroxylation is 1. The lowest BCUT2D eigenvalue weighted by molar-refractivity contribution is 0.102. The molecule has 2 aromatic carbocycles. The number of amides is 1. The first-order chi connectivity index (χ1) is 12.4. The fraction of sp³-hybridized carbons (Fsp3) is 0.0556. The highest BCUT2D eigenvalue weighted by Gasteiger charge is 2.14. The van der Waals surface area contributed by atoms with Gasteiger partial charge in [0.1, 0.15) is 40.5 Å². The van der Waals surface area contributed by atoms with E-state index in [0.717, 1.165) is 12.1 Å². The second-order valence-corrected chi connectivity index (χ2v) is 5.37. The van der Waals surface area contributed by atoms with E-state index >= 15 is 0 Å². The first-order valence-corrected chi connectivity index (χ1v) is 7.56. The molecule has 1 aromatic heterocycles. The Bertz CT molecular complexity index is 941. The molecule has 3 rings (SSSR count). The normalized spacial score (nSPS) is 10.5. The predicted molar refractivity (Wildman–Crippen MR) is 90.8 cm³/mol. The molecular formula is C18H13F3N4O. The lowest BCUT2D eigenvalue weighted by atomic mass is 10.2. The average molecular weight is 358 g/mol. The molecule has 8 heteroatoms. The Morgan fingerprint density at radius 1 is 0.962 bits per heavy atom. The van der Waals surface area contributed by atoms with Crippen LogP contribution < -0.4 is 10.6 Å². The van der Waals surface area contributed by atoms with Crippen molar-refractivity contribution in [1.29, 1.82) is 0 Å². The van der Waals surface area contributed by atoms with Crippen molar-refractivity contribution < 1.29 is 18.0 Å². The molecule has 0 aliphatic heterocycles. The zero-order chi connectivity index (χ0) is 18.7. The van der Waals surface area contributed by atoms with Gasteiger partial charge in [-0.3, -0.25) is 4.79 Å². The molecule has 26 heavy (non-hydrogen) atoms. The van der Waals surface area contributed by atoms with Gasteiger partial charge in [-0.1, -0.05) is 6.07 Å². The van der Waals surface area contributed by atoms with Crippen LogP contribution in [0.1, 0.15) is 16.3 Å². The van der Waals surface area contributed by atoms with Crippen molar-refractivity contribution in [2.24, 2.45) is 0 Å². The zero-order valence-electron chi connectivity index (χ0n) is 13.6. The van der Waals surface area contributed by atoms with E-state index in [0.29, 0.717) is 5.69 Å². The Labute approximate surface area is 146 Å². The average Bonchev–Trinajstić information content (AvgIpc) is 2.60. The fourth-order valence-electron chi connectivity index (χ4n) is 2.22. The van der Waals surface area contributed by atoms with E-state index in [4.69, 9.17) is 0 Å². The van der Waals surface area contributed by atoms with E-state index < -0.39 is 23.4 Å². The molecule has 0 atom stereocenters. The van der Waals surface area contributed by atoms with Crippen LogP contribution in [0.15, 0.2) is 48.5 Å². The number of para-hydroxylation sites is 1. The lowest BCUT2D eigenvalue weighted by Gasteiger charge is -2.10. The van der Waals surface area contributed by atoms with Gasteiger partial charge in [0.25, 0.3) is 5.91 Å². The van der Waals surface area contributed by atoms with Crippen LogP contribution in [0.4, 0.5) is 30.4 Å². The molecular weight excluding hydrogens is 345 g/mol. The van der Waals surface area contributed by atoms with E-state index in [1.165, 1.54) is 43.3 Å². The van der Waals surface area contributed by atoms with Gasteiger partial charge in [0.05, 0.1) is 0 Å². The maximum atomic E-state index is 13.8. The molecule has 0 saturated carbocycles. The highest BCUT2D eigenvalue weighted by molar-refractivity contribution is 6.03. The molecule has 3 aromatic rings. The Hall–Kier alpha value is -3.42. The third-order valence-electron chi connectivity index (χ3n) is 3.39. The molecule has 0 spiro atoms. The van der Waals surface area contributed by atoms with Crippen molar-refractivity contribution in [3.05, 3.63) is 77.5 Å². The number of halogens is 3. The molecule has 0 unspecified atom stereocenters. The van der Waals surface area contributed by atoms with Crippen molar-refractivity contribution in [3.8, 4) is 0 Å². The monoisotopic (exact) mass is 358 g/mol. The van der Waals surface area contributed by atoms with Crippen molar-refractivity contribution in [2.45, 2.75) is 6.92 Å². The summed E-state index contributed by atoms with van der Waals surface area (Å²) in [5.74, 6) is -2.29. The van der Waals surface area contributed by atoms with Crippen LogP contribution in [-0.2, 0) is 0 Å². The van der Waals surface area contributed by atoms with Crippen molar-refractivity contribution in [2.75, 3.05) is 10.6 Å². The molecule has 2 N–H and O–H groups in total. The smallest absolute Gasteiger partial charge is 0.274 e. The van der Waals surface area contributed by atoms with Crippen LogP contribution in [-0.4, -0.2) is 15.9 Å². The summed E-state index contributed by atoms with van der Waals surface area (Å²) in [4.78, 5) is 20.4. The highest BCUT2D eigenvalue weighted by atomic mass is 19.1. The molecule has 132 valence electrons. The van der Waals surface area contributed by atoms with Gasteiger partial charge in [0, 0.05) is 11.8 Å². The van der Waals surface area contributed by atoms with Crippen molar-refractivity contribution in [1.82, 2.24) is 9.97 Å². The van der Waals surface area contributed by atoms with Gasteiger partial charge >= 0.3 is 0 Å². The first kappa shape index (κ1) is 17.4. The molecule has 0 radical (unpaired) electrons. The third kappa shape index (κ3) is 3.97. The number of benzene rings is 2. The summed E-state index contributed by atoms with van der Waals surface area (Å²) in [5, 5.41) is 5.07. The predicted octanol–water partition coefficient (Wildman–Crippen LogP) is 4.20. The number of carbonyl (C=O) groups excluding carboxylic acids is 1. The van der Waals surface area contributed by atoms with E-state index in [1.807, 2.05) is 0 Å². The summed E-state index contributed by atoms with van der Waals surface area (Å²) in [7, 11) is 0. The summed E-state index contributed by atoms with van der Waals surface area (Å²) < 4.78 is 40.4. The van der Waals surface area contributed by atoms with Crippen LogP contribution >= 0.6 is 0 Å². The Balaban J connectivity index is 1.85. The topological polar surface area (TPSA) is 66.9 Å². The molecule has 1 amide bonds. The minimum absolute atomic E-state index is 0.0129. The van der Waals surface area contributed by atoms with Crippen molar-refractivity contribution >= 4 is 23.1 Å². The summed E-state index contributed by atoms with van der Waals surface area (Å²) in [6.45, 7) is 1.54. The Morgan fingerprint density at radius 2 is 1.62 bits per heavy atom. The maximum Gasteiger partial charge on any atom is 0.274 e. The van der Waals surface area contributed by atoms with Crippen LogP contribution in [0.25, 0.3) is 0 Å². The van der Waals surface area contributed by atoms with Gasteiger partial charge in [0.15, 0.2) is 0 Å². The van der Waals surface area contributed by atoms with E-state index in [2.05, 4.69) is 20.6 Å². The van der Waals surface area contributed by atoms with E-state index in [1.54, 1.807) is 0 Å². The number of nitrogens with zero attached hydrogens (tertiary/aromatic N) is 2. The largest absolute Gasteiger partial charge is 0.335 e. The van der Waals surface area contributed by atoms with Gasteiger partial charge in [-0.2, -0.15) is 0 Å². The summed E-state index contributed by atoms with van der Waals surface area (Å²) in [5.41, 5.74) is -0.0149. The molecule has 5 nitrogen and oxygen atoms in total. The quantitative estimate of drug-likeness (QED) is 0.734. The number of rotatable bonds is 4. The highest BCUT2D eigenvalue weighted by Crippen LogP contribution is 2.22. The van der Waals surface area contributed by atoms with Gasteiger partial charge in [-0.05, 0) is 43.3 Å². The number of nitrogens with one attached hydrogen (secondary N) is 2. The van der Waals surface area contributed by atoms with Crippen LogP contribution in [0.3, 0.4) is 0 Å². The zero-order valence-corrected chi connectivity index (χ0v) is 13.6. The van der Waals surface area contributed by atoms with Crippen LogP contribution in [0, 0.1) is 24.4 Å². The van der Waals surface area contributed by atoms with Gasteiger partial charge in [-0.25, -0.2) is 23.1 Å². The maximum absolute atomic E-state index is 13.8. The summed E-state index contributed by atoms with van der Waals surface area (Å²) in [6.07, 6.45) is 0. The minimum atomic E-state index is -0.793. The fourth-order valence-corrected chi connectivity index (χ4v) is 2.22. The Morgan fingerprint density at radius 3 is 2.27 bits per heavy atom. The molecule has 1 heterocycles. The number of anilines is 3. The molecule has 0 saturated heterocycles.